The summed E-state index contributed by atoms with van der Waals surface area (Å²) in [6, 6.07) is 5.67. The van der Waals surface area contributed by atoms with Gasteiger partial charge in [-0.15, -0.1) is 0 Å². The summed E-state index contributed by atoms with van der Waals surface area (Å²) >= 11 is 1.39. The van der Waals surface area contributed by atoms with Crippen molar-refractivity contribution in [3.63, 3.8) is 0 Å². The summed E-state index contributed by atoms with van der Waals surface area (Å²) in [6.45, 7) is 4.27. The maximum Gasteiger partial charge on any atom is 0.164 e. The predicted octanol–water partition coefficient (Wildman–Crippen LogP) is 2.16. The van der Waals surface area contributed by atoms with E-state index in [0.717, 1.165) is 16.1 Å². The second-order valence-corrected chi connectivity index (χ2v) is 6.66. The van der Waals surface area contributed by atoms with Crippen molar-refractivity contribution < 1.29 is 4.74 Å². The Bertz CT molecular complexity index is 527. The average Bonchev–Trinajstić information content (AvgIpc) is 2.77. The van der Waals surface area contributed by atoms with Crippen LogP contribution in [0.2, 0.25) is 0 Å². The average molecular weight is 267 g/mol. The normalized spacial score (nSPS) is 10.8. The number of rotatable bonds is 3. The number of nitrogens with zero attached hydrogens (tertiary/aromatic N) is 2. The molecule has 6 heteroatoms. The summed E-state index contributed by atoms with van der Waals surface area (Å²) in [4.78, 5) is 4.53. The number of nitrogen functional groups attached to an aromatic ring is 1. The maximum absolute atomic E-state index is 5.87. The lowest BCUT2D eigenvalue weighted by atomic mass is 10.2. The molecule has 90 valence electrons. The lowest BCUT2D eigenvalue weighted by molar-refractivity contribution is 0.418. The highest BCUT2D eigenvalue weighted by Crippen LogP contribution is 2.35. The first-order valence-electron chi connectivity index (χ1n) is 5.07. The molecule has 2 aromatic rings. The molecule has 0 fully saturated rings. The van der Waals surface area contributed by atoms with Crippen LogP contribution < -0.4 is 16.0 Å². The molecule has 0 saturated heterocycles. The molecule has 0 saturated carbocycles. The number of hydrogen-bond acceptors (Lipinski definition) is 5. The zero-order chi connectivity index (χ0) is 12.4. The van der Waals surface area contributed by atoms with E-state index in [1.165, 1.54) is 11.5 Å². The number of benzene rings is 1. The van der Waals surface area contributed by atoms with E-state index in [1.54, 1.807) is 7.11 Å². The standard InChI is InChI=1S/C11H14N3OPS/c1-15-9-7(5-4-6-8(9)12)10-13-11(14-17-10)16(2)3/h4-6H,12H2,1-3H3. The van der Waals surface area contributed by atoms with Crippen LogP contribution in [0.15, 0.2) is 18.2 Å². The Kier molecular flexibility index (Phi) is 3.60. The van der Waals surface area contributed by atoms with E-state index < -0.39 is 0 Å². The molecule has 2 N–H and O–H groups in total. The molecule has 4 nitrogen and oxygen atoms in total. The van der Waals surface area contributed by atoms with Crippen LogP contribution in [0.25, 0.3) is 10.6 Å². The van der Waals surface area contributed by atoms with Crippen molar-refractivity contribution >= 4 is 30.7 Å². The summed E-state index contributed by atoms with van der Waals surface area (Å²) < 4.78 is 9.68. The molecule has 0 aliphatic carbocycles. The van der Waals surface area contributed by atoms with Gasteiger partial charge < -0.3 is 10.5 Å². The van der Waals surface area contributed by atoms with Crippen molar-refractivity contribution in [3.05, 3.63) is 18.2 Å². The van der Waals surface area contributed by atoms with E-state index in [1.807, 2.05) is 18.2 Å². The van der Waals surface area contributed by atoms with E-state index >= 15 is 0 Å². The van der Waals surface area contributed by atoms with Crippen LogP contribution in [0, 0.1) is 0 Å². The fraction of sp³-hybridized carbons (Fsp3) is 0.273. The summed E-state index contributed by atoms with van der Waals surface area (Å²) in [5.74, 6) is 0.673. The second-order valence-electron chi connectivity index (χ2n) is 3.72. The van der Waals surface area contributed by atoms with Crippen LogP contribution in [-0.2, 0) is 0 Å². The molecule has 0 atom stereocenters. The highest BCUT2D eigenvalue weighted by atomic mass is 32.1. The van der Waals surface area contributed by atoms with Crippen molar-refractivity contribution in [2.24, 2.45) is 0 Å². The summed E-state index contributed by atoms with van der Waals surface area (Å²) in [5, 5.41) is 0.861. The fourth-order valence-corrected chi connectivity index (χ4v) is 3.20. The third-order valence-electron chi connectivity index (χ3n) is 2.30. The number of para-hydroxylation sites is 1. The summed E-state index contributed by atoms with van der Waals surface area (Å²) in [7, 11) is 1.34. The number of anilines is 1. The Morgan fingerprint density at radius 3 is 2.71 bits per heavy atom. The van der Waals surface area contributed by atoms with Crippen LogP contribution in [0.3, 0.4) is 0 Å². The molecule has 1 aromatic carbocycles. The van der Waals surface area contributed by atoms with Crippen molar-refractivity contribution in [2.75, 3.05) is 26.2 Å². The number of methoxy groups -OCH3 is 1. The highest BCUT2D eigenvalue weighted by molar-refractivity contribution is 7.63. The van der Waals surface area contributed by atoms with Crippen LogP contribution in [0.1, 0.15) is 0 Å². The zero-order valence-corrected chi connectivity index (χ0v) is 11.7. The first kappa shape index (κ1) is 12.3. The Morgan fingerprint density at radius 2 is 2.12 bits per heavy atom. The molecule has 1 heterocycles. The molecule has 0 aliphatic rings. The van der Waals surface area contributed by atoms with Gasteiger partial charge in [0, 0.05) is 0 Å². The molecule has 0 bridgehead atoms. The monoisotopic (exact) mass is 267 g/mol. The maximum atomic E-state index is 5.87. The smallest absolute Gasteiger partial charge is 0.164 e. The number of aromatic nitrogens is 2. The molecule has 2 rings (SSSR count). The number of hydrogen-bond donors (Lipinski definition) is 1. The Morgan fingerprint density at radius 1 is 1.35 bits per heavy atom. The molecule has 0 radical (unpaired) electrons. The molecule has 0 unspecified atom stereocenters. The van der Waals surface area contributed by atoms with Crippen molar-refractivity contribution in [3.8, 4) is 16.3 Å². The lowest BCUT2D eigenvalue weighted by Gasteiger charge is -2.08. The van der Waals surface area contributed by atoms with E-state index in [0.29, 0.717) is 11.4 Å². The highest BCUT2D eigenvalue weighted by Gasteiger charge is 2.14. The Balaban J connectivity index is 2.48. The van der Waals surface area contributed by atoms with Gasteiger partial charge in [-0.1, -0.05) is 6.07 Å². The SMILES string of the molecule is COc1c(N)cccc1-c1nc(P(C)C)ns1. The molecular weight excluding hydrogens is 253 g/mol. The lowest BCUT2D eigenvalue weighted by Crippen LogP contribution is -2.03. The minimum atomic E-state index is -0.271. The van der Waals surface area contributed by atoms with Gasteiger partial charge in [0.2, 0.25) is 0 Å². The van der Waals surface area contributed by atoms with Gasteiger partial charge in [-0.05, 0) is 44.9 Å². The summed E-state index contributed by atoms with van der Waals surface area (Å²) in [5.41, 5.74) is 8.32. The van der Waals surface area contributed by atoms with Crippen molar-refractivity contribution in [1.29, 1.82) is 0 Å². The minimum absolute atomic E-state index is 0.271. The quantitative estimate of drug-likeness (QED) is 0.684. The van der Waals surface area contributed by atoms with E-state index in [-0.39, 0.29) is 7.92 Å². The minimum Gasteiger partial charge on any atom is -0.494 e. The van der Waals surface area contributed by atoms with Crippen molar-refractivity contribution in [1.82, 2.24) is 9.36 Å². The van der Waals surface area contributed by atoms with Gasteiger partial charge in [-0.2, -0.15) is 4.37 Å². The van der Waals surface area contributed by atoms with Gasteiger partial charge in [0.1, 0.15) is 5.01 Å². The number of ether oxygens (including phenoxy) is 1. The van der Waals surface area contributed by atoms with Crippen LogP contribution in [0.5, 0.6) is 5.75 Å². The summed E-state index contributed by atoms with van der Waals surface area (Å²) in [6.07, 6.45) is 0. The van der Waals surface area contributed by atoms with Crippen LogP contribution >= 0.6 is 19.5 Å². The Hall–Kier alpha value is -1.19. The largest absolute Gasteiger partial charge is 0.494 e. The molecule has 0 amide bonds. The molecule has 0 spiro atoms. The third kappa shape index (κ3) is 2.40. The van der Waals surface area contributed by atoms with Gasteiger partial charge in [0.25, 0.3) is 0 Å². The van der Waals surface area contributed by atoms with Gasteiger partial charge in [-0.25, -0.2) is 4.98 Å². The molecule has 0 aliphatic heterocycles. The zero-order valence-electron chi connectivity index (χ0n) is 9.97. The van der Waals surface area contributed by atoms with Crippen LogP contribution in [0.4, 0.5) is 5.69 Å². The molecule has 1 aromatic heterocycles. The predicted molar refractivity (Wildman–Crippen MR) is 74.7 cm³/mol. The van der Waals surface area contributed by atoms with Gasteiger partial charge in [0.05, 0.1) is 18.4 Å². The van der Waals surface area contributed by atoms with Crippen molar-refractivity contribution in [2.45, 2.75) is 0 Å². The third-order valence-corrected chi connectivity index (χ3v) is 4.18. The first-order valence-corrected chi connectivity index (χ1v) is 8.08. The van der Waals surface area contributed by atoms with E-state index in [2.05, 4.69) is 22.7 Å². The fourth-order valence-electron chi connectivity index (χ4n) is 1.46. The van der Waals surface area contributed by atoms with Crippen LogP contribution in [-0.4, -0.2) is 29.8 Å². The van der Waals surface area contributed by atoms with Gasteiger partial charge in [0.15, 0.2) is 11.3 Å². The van der Waals surface area contributed by atoms with Gasteiger partial charge >= 0.3 is 0 Å². The van der Waals surface area contributed by atoms with E-state index in [9.17, 15) is 0 Å². The van der Waals surface area contributed by atoms with E-state index in [4.69, 9.17) is 10.5 Å². The topological polar surface area (TPSA) is 61.0 Å². The molecule has 17 heavy (non-hydrogen) atoms. The molecular formula is C11H14N3OPS. The Labute approximate surface area is 106 Å². The second kappa shape index (κ2) is 4.98. The van der Waals surface area contributed by atoms with Gasteiger partial charge in [-0.3, -0.25) is 0 Å². The first-order chi connectivity index (χ1) is 8.13. The number of nitrogens with two attached hydrogens (primary N) is 1.